The van der Waals surface area contributed by atoms with Crippen molar-refractivity contribution in [3.8, 4) is 22.6 Å². The van der Waals surface area contributed by atoms with Crippen molar-refractivity contribution < 1.29 is 37.0 Å². The molecule has 2 aromatic carbocycles. The van der Waals surface area contributed by atoms with Gasteiger partial charge in [0.25, 0.3) is 5.56 Å². The Kier molecular flexibility index (Phi) is 11.9. The number of ether oxygens (including phenoxy) is 3. The third-order valence-corrected chi connectivity index (χ3v) is 6.83. The van der Waals surface area contributed by atoms with Gasteiger partial charge in [0.15, 0.2) is 6.29 Å². The number of carbonyl (C=O) groups excluding carboxylic acids is 3. The normalized spacial score (nSPS) is 11.2. The average molecular weight is 670 g/mol. The fourth-order valence-corrected chi connectivity index (χ4v) is 4.86. The topological polar surface area (TPSA) is 187 Å². The summed E-state index contributed by atoms with van der Waals surface area (Å²) >= 11 is 0. The van der Waals surface area contributed by atoms with Crippen LogP contribution in [0.2, 0.25) is 0 Å². The predicted octanol–water partition coefficient (Wildman–Crippen LogP) is 4.03. The first kappa shape index (κ1) is 36.3. The number of hydrogen-bond acceptors (Lipinski definition) is 10. The number of benzene rings is 2. The van der Waals surface area contributed by atoms with Crippen molar-refractivity contribution in [1.29, 1.82) is 0 Å². The average Bonchev–Trinajstić information content (AvgIpc) is 3.44. The molecule has 2 heterocycles. The molecule has 252 valence electrons. The Balaban J connectivity index is 0.000000426. The van der Waals surface area contributed by atoms with E-state index in [-0.39, 0.29) is 39.9 Å². The molecule has 4 rings (SSSR count). The van der Waals surface area contributed by atoms with Gasteiger partial charge in [0.2, 0.25) is 10.0 Å². The molecule has 47 heavy (non-hydrogen) atoms. The minimum atomic E-state index is -3.78. The number of para-hydroxylation sites is 1. The molecular weight excluding hydrogens is 630 g/mol. The van der Waals surface area contributed by atoms with Crippen molar-refractivity contribution in [3.05, 3.63) is 76.3 Å². The van der Waals surface area contributed by atoms with Gasteiger partial charge in [-0.25, -0.2) is 18.0 Å². The van der Waals surface area contributed by atoms with Crippen LogP contribution in [0.25, 0.3) is 22.0 Å². The highest BCUT2D eigenvalue weighted by Crippen LogP contribution is 2.40. The molecule has 4 N–H and O–H groups in total. The van der Waals surface area contributed by atoms with Crippen LogP contribution in [0.5, 0.6) is 11.5 Å². The molecule has 2 aromatic heterocycles. The number of H-pyrrole nitrogens is 1. The van der Waals surface area contributed by atoms with Gasteiger partial charge in [-0.1, -0.05) is 18.2 Å². The van der Waals surface area contributed by atoms with E-state index in [0.717, 1.165) is 12.8 Å². The molecule has 0 radical (unpaired) electrons. The van der Waals surface area contributed by atoms with Gasteiger partial charge in [-0.3, -0.25) is 14.3 Å². The lowest BCUT2D eigenvalue weighted by Crippen LogP contribution is -2.35. The number of pyridine rings is 1. The second kappa shape index (κ2) is 15.4. The van der Waals surface area contributed by atoms with Crippen LogP contribution in [-0.2, 0) is 26.5 Å². The van der Waals surface area contributed by atoms with Crippen molar-refractivity contribution in [2.24, 2.45) is 7.05 Å². The number of methoxy groups -OCH3 is 1. The molecule has 0 atom stereocenters. The molecule has 0 fully saturated rings. The van der Waals surface area contributed by atoms with E-state index in [1.54, 1.807) is 37.5 Å². The minimum Gasteiger partial charge on any atom is -0.465 e. The molecule has 0 saturated carbocycles. The summed E-state index contributed by atoms with van der Waals surface area (Å²) in [5.74, 6) is -0.127. The largest absolute Gasteiger partial charge is 0.465 e. The third kappa shape index (κ3) is 10.2. The van der Waals surface area contributed by atoms with Crippen LogP contribution >= 0.6 is 0 Å². The summed E-state index contributed by atoms with van der Waals surface area (Å²) < 4.78 is 43.7. The van der Waals surface area contributed by atoms with Crippen LogP contribution in [-0.4, -0.2) is 75.4 Å². The first-order valence-electron chi connectivity index (χ1n) is 14.3. The fourth-order valence-electron chi connectivity index (χ4n) is 4.29. The summed E-state index contributed by atoms with van der Waals surface area (Å²) in [5.41, 5.74) is 0.324. The zero-order valence-corrected chi connectivity index (χ0v) is 28.0. The summed E-state index contributed by atoms with van der Waals surface area (Å²) in [7, 11) is 0.775. The zero-order valence-electron chi connectivity index (χ0n) is 27.2. The van der Waals surface area contributed by atoms with Gasteiger partial charge >= 0.3 is 12.1 Å². The van der Waals surface area contributed by atoms with Gasteiger partial charge in [0.05, 0.1) is 30.3 Å². The summed E-state index contributed by atoms with van der Waals surface area (Å²) in [6.07, 6.45) is 2.72. The molecule has 0 bridgehead atoms. The first-order chi connectivity index (χ1) is 22.1. The SMILES string of the molecule is CNCCNC(=O)OC(C)(C)C.COC(=O)c1cc(Oc2ccccc2)c(-c2cn(C)c(=O)c3[nH]c(C=O)cc23)cc1NS(C)(=O)=O. The van der Waals surface area contributed by atoms with E-state index in [1.165, 1.54) is 29.9 Å². The van der Waals surface area contributed by atoms with E-state index in [9.17, 15) is 27.6 Å². The number of carbonyl (C=O) groups is 3. The molecule has 0 aliphatic heterocycles. The zero-order chi connectivity index (χ0) is 34.9. The summed E-state index contributed by atoms with van der Waals surface area (Å²) in [5, 5.41) is 5.95. The number of aldehydes is 1. The Morgan fingerprint density at radius 2 is 1.72 bits per heavy atom. The number of sulfonamides is 1. The van der Waals surface area contributed by atoms with Crippen LogP contribution in [0.3, 0.4) is 0 Å². The van der Waals surface area contributed by atoms with Crippen molar-refractivity contribution in [2.75, 3.05) is 38.2 Å². The highest BCUT2D eigenvalue weighted by molar-refractivity contribution is 7.92. The van der Waals surface area contributed by atoms with Crippen molar-refractivity contribution >= 4 is 45.0 Å². The number of fused-ring (bicyclic) bond motifs is 1. The maximum Gasteiger partial charge on any atom is 0.407 e. The molecule has 14 nitrogen and oxygen atoms in total. The first-order valence-corrected chi connectivity index (χ1v) is 16.2. The van der Waals surface area contributed by atoms with Crippen molar-refractivity contribution in [2.45, 2.75) is 26.4 Å². The highest BCUT2D eigenvalue weighted by Gasteiger charge is 2.23. The number of likely N-dealkylation sites (N-methyl/N-ethyl adjacent to an activating group) is 1. The number of nitrogens with one attached hydrogen (secondary N) is 4. The van der Waals surface area contributed by atoms with Crippen LogP contribution in [0.1, 0.15) is 41.6 Å². The maximum absolute atomic E-state index is 12.7. The quantitative estimate of drug-likeness (QED) is 0.109. The Hall–Kier alpha value is -5.15. The molecule has 4 aromatic rings. The number of alkyl carbamates (subject to hydrolysis) is 1. The van der Waals surface area contributed by atoms with Gasteiger partial charge in [-0.15, -0.1) is 0 Å². The number of esters is 1. The molecule has 0 aliphatic rings. The number of rotatable bonds is 10. The van der Waals surface area contributed by atoms with E-state index < -0.39 is 21.6 Å². The number of aromatic amines is 1. The molecule has 0 aliphatic carbocycles. The molecule has 1 amide bonds. The van der Waals surface area contributed by atoms with E-state index in [4.69, 9.17) is 14.2 Å². The Labute approximate surface area is 272 Å². The number of aromatic nitrogens is 2. The second-order valence-corrected chi connectivity index (χ2v) is 13.0. The lowest BCUT2D eigenvalue weighted by molar-refractivity contribution is 0.0527. The maximum atomic E-state index is 12.7. The third-order valence-electron chi connectivity index (χ3n) is 6.24. The van der Waals surface area contributed by atoms with Gasteiger partial charge in [-0.05, 0) is 58.2 Å². The standard InChI is InChI=1S/C24H21N3O7S.C8H18N2O2/c1-27-12-19(17-9-14(13-28)25-22(17)23(27)29)16-10-20(26-35(3,31)32)18(24(30)33-2)11-21(16)34-15-7-5-4-6-8-15;1-8(2,3)12-7(11)10-6-5-9-4/h4-13,25-26H,1-3H3;9H,5-6H2,1-4H3,(H,10,11). The number of nitrogens with zero attached hydrogens (tertiary/aromatic N) is 1. The van der Waals surface area contributed by atoms with Crippen LogP contribution in [0.15, 0.2) is 59.5 Å². The Morgan fingerprint density at radius 1 is 1.04 bits per heavy atom. The van der Waals surface area contributed by atoms with E-state index in [1.807, 2.05) is 33.9 Å². The number of hydrogen-bond donors (Lipinski definition) is 4. The van der Waals surface area contributed by atoms with E-state index in [2.05, 4.69) is 20.3 Å². The molecular formula is C32H39N5O9S. The fraction of sp³-hybridized carbons (Fsp3) is 0.312. The second-order valence-electron chi connectivity index (χ2n) is 11.3. The molecule has 0 saturated heterocycles. The summed E-state index contributed by atoms with van der Waals surface area (Å²) in [6.45, 7) is 6.85. The summed E-state index contributed by atoms with van der Waals surface area (Å²) in [4.78, 5) is 50.4. The highest BCUT2D eigenvalue weighted by atomic mass is 32.2. The van der Waals surface area contributed by atoms with Crippen molar-refractivity contribution in [1.82, 2.24) is 20.2 Å². The number of aryl methyl sites for hydroxylation is 1. The Morgan fingerprint density at radius 3 is 2.30 bits per heavy atom. The molecule has 0 unspecified atom stereocenters. The smallest absolute Gasteiger partial charge is 0.407 e. The van der Waals surface area contributed by atoms with Crippen LogP contribution < -0.4 is 25.7 Å². The minimum absolute atomic E-state index is 0.0390. The van der Waals surface area contributed by atoms with E-state index >= 15 is 0 Å². The number of amides is 1. The van der Waals surface area contributed by atoms with Gasteiger partial charge in [-0.2, -0.15) is 0 Å². The van der Waals surface area contributed by atoms with Gasteiger partial charge in [0.1, 0.15) is 22.6 Å². The monoisotopic (exact) mass is 669 g/mol. The van der Waals surface area contributed by atoms with Crippen LogP contribution in [0, 0.1) is 0 Å². The lowest BCUT2D eigenvalue weighted by Gasteiger charge is -2.19. The van der Waals surface area contributed by atoms with Crippen LogP contribution in [0.4, 0.5) is 10.5 Å². The molecule has 15 heteroatoms. The predicted molar refractivity (Wildman–Crippen MR) is 179 cm³/mol. The van der Waals surface area contributed by atoms with Gasteiger partial charge < -0.3 is 34.4 Å². The van der Waals surface area contributed by atoms with Gasteiger partial charge in [0, 0.05) is 42.8 Å². The van der Waals surface area contributed by atoms with E-state index in [0.29, 0.717) is 35.1 Å². The summed E-state index contributed by atoms with van der Waals surface area (Å²) in [6, 6.07) is 13.1. The lowest BCUT2D eigenvalue weighted by atomic mass is 9.99. The van der Waals surface area contributed by atoms with Crippen molar-refractivity contribution in [3.63, 3.8) is 0 Å². The molecule has 0 spiro atoms. The Bertz CT molecular complexity index is 1910. The number of anilines is 1.